The van der Waals surface area contributed by atoms with E-state index in [-0.39, 0.29) is 5.91 Å². The Labute approximate surface area is 173 Å². The molecule has 4 aromatic rings. The molecular weight excluding hydrogens is 382 g/mol. The molecule has 0 saturated heterocycles. The normalized spacial score (nSPS) is 11.8. The molecule has 0 radical (unpaired) electrons. The topological polar surface area (TPSA) is 64.1 Å². The van der Waals surface area contributed by atoms with Crippen molar-refractivity contribution < 1.29 is 9.53 Å². The first-order valence-corrected chi connectivity index (χ1v) is 9.99. The molecule has 0 aliphatic rings. The molecule has 3 aromatic carbocycles. The lowest BCUT2D eigenvalue weighted by molar-refractivity contribution is -0.115. The third kappa shape index (κ3) is 4.38. The Hall–Kier alpha value is -3.38. The lowest BCUT2D eigenvalue weighted by Crippen LogP contribution is -2.19. The number of hydrogen-bond donors (Lipinski definition) is 1. The first-order valence-electron chi connectivity index (χ1n) is 9.11. The number of nitrogens with one attached hydrogen (secondary N) is 1. The van der Waals surface area contributed by atoms with Crippen LogP contribution >= 0.6 is 11.8 Å². The maximum atomic E-state index is 13.2. The summed E-state index contributed by atoms with van der Waals surface area (Å²) in [6.07, 6.45) is 1.53. The molecule has 0 fully saturated rings. The van der Waals surface area contributed by atoms with Gasteiger partial charge >= 0.3 is 0 Å². The SMILES string of the molecule is COc1cccc(NC(=O)[C@H](Sc2ncnc3ccccc23)c2ccccc2)c1. The van der Waals surface area contributed by atoms with E-state index in [1.165, 1.54) is 18.1 Å². The molecule has 1 N–H and O–H groups in total. The molecule has 144 valence electrons. The lowest BCUT2D eigenvalue weighted by atomic mass is 10.1. The highest BCUT2D eigenvalue weighted by Crippen LogP contribution is 2.38. The zero-order valence-electron chi connectivity index (χ0n) is 15.8. The third-order valence-electron chi connectivity index (χ3n) is 4.41. The number of hydrogen-bond acceptors (Lipinski definition) is 5. The molecule has 6 heteroatoms. The van der Waals surface area contributed by atoms with Crippen molar-refractivity contribution in [3.63, 3.8) is 0 Å². The van der Waals surface area contributed by atoms with Gasteiger partial charge in [-0.05, 0) is 23.8 Å². The van der Waals surface area contributed by atoms with Gasteiger partial charge in [0.15, 0.2) is 0 Å². The summed E-state index contributed by atoms with van der Waals surface area (Å²) in [5.41, 5.74) is 2.44. The summed E-state index contributed by atoms with van der Waals surface area (Å²) in [5, 5.41) is 4.22. The first kappa shape index (κ1) is 19.0. The van der Waals surface area contributed by atoms with E-state index in [0.29, 0.717) is 11.4 Å². The molecule has 29 heavy (non-hydrogen) atoms. The number of ether oxygens (including phenoxy) is 1. The van der Waals surface area contributed by atoms with E-state index in [1.54, 1.807) is 13.2 Å². The smallest absolute Gasteiger partial charge is 0.242 e. The third-order valence-corrected chi connectivity index (χ3v) is 5.68. The Morgan fingerprint density at radius 1 is 0.966 bits per heavy atom. The van der Waals surface area contributed by atoms with Crippen molar-refractivity contribution in [3.8, 4) is 5.75 Å². The second kappa shape index (κ2) is 8.75. The maximum Gasteiger partial charge on any atom is 0.242 e. The standard InChI is InChI=1S/C23H19N3O2S/c1-28-18-11-7-10-17(14-18)26-22(27)21(16-8-3-2-4-9-16)29-23-19-12-5-6-13-20(19)24-15-25-23/h2-15,21H,1H3,(H,26,27)/t21-/m1/s1. The number of rotatable bonds is 6. The number of benzene rings is 3. The second-order valence-corrected chi connectivity index (χ2v) is 7.42. The van der Waals surface area contributed by atoms with Crippen LogP contribution in [-0.4, -0.2) is 23.0 Å². The zero-order valence-corrected chi connectivity index (χ0v) is 16.6. The largest absolute Gasteiger partial charge is 0.497 e. The predicted octanol–water partition coefficient (Wildman–Crippen LogP) is 5.11. The van der Waals surface area contributed by atoms with E-state index < -0.39 is 5.25 Å². The van der Waals surface area contributed by atoms with Crippen LogP contribution in [0.2, 0.25) is 0 Å². The number of aromatic nitrogens is 2. The van der Waals surface area contributed by atoms with E-state index in [4.69, 9.17) is 4.74 Å². The van der Waals surface area contributed by atoms with Gasteiger partial charge in [0.05, 0.1) is 12.6 Å². The number of thioether (sulfide) groups is 1. The van der Waals surface area contributed by atoms with Gasteiger partial charge in [-0.2, -0.15) is 0 Å². The van der Waals surface area contributed by atoms with Crippen LogP contribution in [0.1, 0.15) is 10.8 Å². The molecule has 0 unspecified atom stereocenters. The summed E-state index contributed by atoms with van der Waals surface area (Å²) in [5.74, 6) is 0.561. The highest BCUT2D eigenvalue weighted by atomic mass is 32.2. The number of carbonyl (C=O) groups excluding carboxylic acids is 1. The molecule has 0 saturated carbocycles. The van der Waals surface area contributed by atoms with E-state index in [0.717, 1.165) is 21.5 Å². The average molecular weight is 401 g/mol. The molecule has 4 rings (SSSR count). The van der Waals surface area contributed by atoms with Gasteiger partial charge in [0.2, 0.25) is 5.91 Å². The van der Waals surface area contributed by atoms with E-state index in [2.05, 4.69) is 15.3 Å². The molecule has 1 atom stereocenters. The van der Waals surface area contributed by atoms with Crippen LogP contribution in [0.15, 0.2) is 90.2 Å². The minimum absolute atomic E-state index is 0.128. The van der Waals surface area contributed by atoms with Crippen molar-refractivity contribution in [2.24, 2.45) is 0 Å². The predicted molar refractivity (Wildman–Crippen MR) is 116 cm³/mol. The molecular formula is C23H19N3O2S. The average Bonchev–Trinajstić information content (AvgIpc) is 2.78. The monoisotopic (exact) mass is 401 g/mol. The number of carbonyl (C=O) groups is 1. The van der Waals surface area contributed by atoms with Gasteiger partial charge in [-0.3, -0.25) is 4.79 Å². The van der Waals surface area contributed by atoms with Crippen LogP contribution in [0.5, 0.6) is 5.75 Å². The summed E-state index contributed by atoms with van der Waals surface area (Å²) in [7, 11) is 1.60. The molecule has 0 aliphatic carbocycles. The van der Waals surface area contributed by atoms with Crippen LogP contribution < -0.4 is 10.1 Å². The minimum atomic E-state index is -0.472. The maximum absolute atomic E-state index is 13.2. The van der Waals surface area contributed by atoms with Gasteiger partial charge in [-0.15, -0.1) is 0 Å². The number of methoxy groups -OCH3 is 1. The van der Waals surface area contributed by atoms with E-state index >= 15 is 0 Å². The first-order chi connectivity index (χ1) is 14.2. The Balaban J connectivity index is 1.67. The van der Waals surface area contributed by atoms with Gasteiger partial charge in [0.25, 0.3) is 0 Å². The Morgan fingerprint density at radius 3 is 2.59 bits per heavy atom. The fourth-order valence-corrected chi connectivity index (χ4v) is 4.09. The fourth-order valence-electron chi connectivity index (χ4n) is 3.00. The van der Waals surface area contributed by atoms with Gasteiger partial charge < -0.3 is 10.1 Å². The van der Waals surface area contributed by atoms with Gasteiger partial charge in [0, 0.05) is 17.1 Å². The Bertz CT molecular complexity index is 1130. The van der Waals surface area contributed by atoms with Crippen molar-refractivity contribution >= 4 is 34.3 Å². The summed E-state index contributed by atoms with van der Waals surface area (Å²) < 4.78 is 5.25. The van der Waals surface area contributed by atoms with Crippen molar-refractivity contribution in [2.45, 2.75) is 10.3 Å². The van der Waals surface area contributed by atoms with Crippen LogP contribution in [0, 0.1) is 0 Å². The molecule has 1 aromatic heterocycles. The number of anilines is 1. The van der Waals surface area contributed by atoms with Crippen LogP contribution in [-0.2, 0) is 4.79 Å². The van der Waals surface area contributed by atoms with Crippen LogP contribution in [0.4, 0.5) is 5.69 Å². The molecule has 5 nitrogen and oxygen atoms in total. The summed E-state index contributed by atoms with van der Waals surface area (Å²) in [4.78, 5) is 22.0. The second-order valence-electron chi connectivity index (χ2n) is 6.33. The van der Waals surface area contributed by atoms with Crippen molar-refractivity contribution in [3.05, 3.63) is 90.8 Å². The number of para-hydroxylation sites is 1. The van der Waals surface area contributed by atoms with E-state index in [9.17, 15) is 4.79 Å². The van der Waals surface area contributed by atoms with Gasteiger partial charge in [-0.25, -0.2) is 9.97 Å². The highest BCUT2D eigenvalue weighted by Gasteiger charge is 2.24. The van der Waals surface area contributed by atoms with Gasteiger partial charge in [0.1, 0.15) is 22.4 Å². The summed E-state index contributed by atoms with van der Waals surface area (Å²) in [6.45, 7) is 0. The van der Waals surface area contributed by atoms with Crippen LogP contribution in [0.25, 0.3) is 10.9 Å². The van der Waals surface area contributed by atoms with E-state index in [1.807, 2.05) is 72.8 Å². The van der Waals surface area contributed by atoms with Crippen LogP contribution in [0.3, 0.4) is 0 Å². The molecule has 0 aliphatic heterocycles. The summed E-state index contributed by atoms with van der Waals surface area (Å²) in [6, 6.07) is 24.8. The summed E-state index contributed by atoms with van der Waals surface area (Å²) >= 11 is 1.41. The number of amides is 1. The molecule has 1 amide bonds. The van der Waals surface area contributed by atoms with Gasteiger partial charge in [-0.1, -0.05) is 66.4 Å². The lowest BCUT2D eigenvalue weighted by Gasteiger charge is -2.17. The van der Waals surface area contributed by atoms with Crippen molar-refractivity contribution in [1.29, 1.82) is 0 Å². The molecule has 1 heterocycles. The highest BCUT2D eigenvalue weighted by molar-refractivity contribution is 8.00. The molecule has 0 spiro atoms. The Kier molecular flexibility index (Phi) is 5.72. The molecule has 0 bridgehead atoms. The van der Waals surface area contributed by atoms with Crippen molar-refractivity contribution in [2.75, 3.05) is 12.4 Å². The Morgan fingerprint density at radius 2 is 1.76 bits per heavy atom. The number of nitrogens with zero attached hydrogens (tertiary/aromatic N) is 2. The fraction of sp³-hybridized carbons (Fsp3) is 0.0870. The quantitative estimate of drug-likeness (QED) is 0.359. The zero-order chi connectivity index (χ0) is 20.1. The number of fused-ring (bicyclic) bond motifs is 1. The minimum Gasteiger partial charge on any atom is -0.497 e. The van der Waals surface area contributed by atoms with Crippen molar-refractivity contribution in [1.82, 2.24) is 9.97 Å².